The maximum atomic E-state index is 11.3. The Morgan fingerprint density at radius 2 is 2.00 bits per heavy atom. The zero-order valence-corrected chi connectivity index (χ0v) is 11.3. The lowest BCUT2D eigenvalue weighted by Gasteiger charge is -2.06. The van der Waals surface area contributed by atoms with Gasteiger partial charge in [0.2, 0.25) is 0 Å². The van der Waals surface area contributed by atoms with Gasteiger partial charge in [-0.2, -0.15) is 12.6 Å². The number of thiol groups is 1. The third-order valence-corrected chi connectivity index (χ3v) is 2.69. The van der Waals surface area contributed by atoms with Gasteiger partial charge in [0.15, 0.2) is 0 Å². The molecule has 6 nitrogen and oxygen atoms in total. The van der Waals surface area contributed by atoms with Crippen molar-refractivity contribution in [3.8, 4) is 0 Å². The molecule has 0 saturated carbocycles. The summed E-state index contributed by atoms with van der Waals surface area (Å²) in [5.41, 5.74) is 0.719. The molecule has 0 unspecified atom stereocenters. The standard InChI is InChI=1S/C12H16N2O4S/c15-12(13-7-1-2-8-19)18-9-10-3-5-11(6-4-10)14(16)17/h3-6,19H,1-2,7-9H2,(H,13,15). The lowest BCUT2D eigenvalue weighted by Crippen LogP contribution is -2.25. The van der Waals surface area contributed by atoms with Gasteiger partial charge >= 0.3 is 6.09 Å². The first kappa shape index (κ1) is 15.3. The van der Waals surface area contributed by atoms with E-state index in [0.717, 1.165) is 18.6 Å². The van der Waals surface area contributed by atoms with E-state index in [2.05, 4.69) is 17.9 Å². The summed E-state index contributed by atoms with van der Waals surface area (Å²) in [4.78, 5) is 21.3. The van der Waals surface area contributed by atoms with Crippen LogP contribution in [0.1, 0.15) is 18.4 Å². The van der Waals surface area contributed by atoms with Gasteiger partial charge in [-0.25, -0.2) is 4.79 Å². The number of nitro groups is 1. The van der Waals surface area contributed by atoms with Gasteiger partial charge in [-0.3, -0.25) is 10.1 Å². The second-order valence-corrected chi connectivity index (χ2v) is 4.30. The third kappa shape index (κ3) is 6.10. The van der Waals surface area contributed by atoms with Crippen LogP contribution in [0, 0.1) is 10.1 Å². The number of carbonyl (C=O) groups is 1. The molecule has 0 spiro atoms. The van der Waals surface area contributed by atoms with E-state index in [4.69, 9.17) is 4.74 Å². The molecule has 0 atom stereocenters. The number of alkyl carbamates (subject to hydrolysis) is 1. The molecule has 0 radical (unpaired) electrons. The molecule has 0 aromatic heterocycles. The molecular formula is C12H16N2O4S. The molecule has 1 aromatic rings. The van der Waals surface area contributed by atoms with Crippen molar-refractivity contribution in [1.82, 2.24) is 5.32 Å². The second kappa shape index (κ2) is 8.36. The van der Waals surface area contributed by atoms with Gasteiger partial charge in [0, 0.05) is 18.7 Å². The molecule has 0 bridgehead atoms. The fourth-order valence-electron chi connectivity index (χ4n) is 1.34. The van der Waals surface area contributed by atoms with Gasteiger partial charge in [0.05, 0.1) is 4.92 Å². The third-order valence-electron chi connectivity index (χ3n) is 2.37. The lowest BCUT2D eigenvalue weighted by atomic mass is 10.2. The minimum absolute atomic E-state index is 0.0138. The Morgan fingerprint density at radius 3 is 2.58 bits per heavy atom. The normalized spacial score (nSPS) is 9.95. The Hall–Kier alpha value is -1.76. The van der Waals surface area contributed by atoms with Crippen LogP contribution in [-0.4, -0.2) is 23.3 Å². The summed E-state index contributed by atoms with van der Waals surface area (Å²) >= 11 is 4.06. The van der Waals surface area contributed by atoms with Crippen molar-refractivity contribution in [3.05, 3.63) is 39.9 Å². The highest BCUT2D eigenvalue weighted by atomic mass is 32.1. The van der Waals surface area contributed by atoms with Crippen LogP contribution in [0.4, 0.5) is 10.5 Å². The van der Waals surface area contributed by atoms with Crippen LogP contribution in [0.15, 0.2) is 24.3 Å². The number of hydrogen-bond donors (Lipinski definition) is 2. The molecule has 0 aliphatic rings. The van der Waals surface area contributed by atoms with Crippen LogP contribution in [0.2, 0.25) is 0 Å². The average molecular weight is 284 g/mol. The van der Waals surface area contributed by atoms with Crippen LogP contribution < -0.4 is 5.32 Å². The molecule has 0 aliphatic carbocycles. The van der Waals surface area contributed by atoms with E-state index in [9.17, 15) is 14.9 Å². The second-order valence-electron chi connectivity index (χ2n) is 3.86. The van der Waals surface area contributed by atoms with E-state index in [0.29, 0.717) is 12.1 Å². The summed E-state index contributed by atoms with van der Waals surface area (Å²) < 4.78 is 4.97. The fraction of sp³-hybridized carbons (Fsp3) is 0.417. The topological polar surface area (TPSA) is 81.5 Å². The van der Waals surface area contributed by atoms with Crippen molar-refractivity contribution >= 4 is 24.4 Å². The zero-order chi connectivity index (χ0) is 14.1. The van der Waals surface area contributed by atoms with Crippen molar-refractivity contribution < 1.29 is 14.5 Å². The van der Waals surface area contributed by atoms with Gasteiger partial charge in [-0.15, -0.1) is 0 Å². The van der Waals surface area contributed by atoms with E-state index < -0.39 is 11.0 Å². The minimum atomic E-state index is -0.488. The van der Waals surface area contributed by atoms with E-state index >= 15 is 0 Å². The molecule has 19 heavy (non-hydrogen) atoms. The van der Waals surface area contributed by atoms with Crippen molar-refractivity contribution in [3.63, 3.8) is 0 Å². The summed E-state index contributed by atoms with van der Waals surface area (Å²) in [6.45, 7) is 0.649. The predicted octanol–water partition coefficient (Wildman–Crippen LogP) is 2.53. The SMILES string of the molecule is O=C(NCCCCS)OCc1ccc([N+](=O)[O-])cc1. The number of carbonyl (C=O) groups excluding carboxylic acids is 1. The maximum absolute atomic E-state index is 11.3. The van der Waals surface area contributed by atoms with Crippen LogP contribution in [0.5, 0.6) is 0 Å². The van der Waals surface area contributed by atoms with Crippen LogP contribution in [0.25, 0.3) is 0 Å². The highest BCUT2D eigenvalue weighted by Crippen LogP contribution is 2.12. The zero-order valence-electron chi connectivity index (χ0n) is 10.4. The molecule has 104 valence electrons. The molecule has 1 rings (SSSR count). The number of ether oxygens (including phenoxy) is 1. The summed E-state index contributed by atoms with van der Waals surface area (Å²) in [6.07, 6.45) is 1.31. The number of amides is 1. The quantitative estimate of drug-likeness (QED) is 0.349. The van der Waals surface area contributed by atoms with E-state index in [1.807, 2.05) is 0 Å². The Morgan fingerprint density at radius 1 is 1.32 bits per heavy atom. The Labute approximate surface area is 116 Å². The minimum Gasteiger partial charge on any atom is -0.445 e. The molecule has 7 heteroatoms. The van der Waals surface area contributed by atoms with Crippen LogP contribution in [0.3, 0.4) is 0 Å². The summed E-state index contributed by atoms with van der Waals surface area (Å²) in [6, 6.07) is 5.88. The number of nitrogens with one attached hydrogen (secondary N) is 1. The first-order valence-electron chi connectivity index (χ1n) is 5.88. The first-order chi connectivity index (χ1) is 9.13. The van der Waals surface area contributed by atoms with E-state index in [1.54, 1.807) is 12.1 Å². The lowest BCUT2D eigenvalue weighted by molar-refractivity contribution is -0.384. The van der Waals surface area contributed by atoms with Gasteiger partial charge in [0.1, 0.15) is 6.61 Å². The number of nitro benzene ring substituents is 1. The van der Waals surface area contributed by atoms with Gasteiger partial charge in [-0.05, 0) is 36.3 Å². The van der Waals surface area contributed by atoms with Crippen molar-refractivity contribution in [2.75, 3.05) is 12.3 Å². The smallest absolute Gasteiger partial charge is 0.407 e. The highest BCUT2D eigenvalue weighted by molar-refractivity contribution is 7.80. The first-order valence-corrected chi connectivity index (χ1v) is 6.51. The van der Waals surface area contributed by atoms with Crippen molar-refractivity contribution in [1.29, 1.82) is 0 Å². The monoisotopic (exact) mass is 284 g/mol. The average Bonchev–Trinajstić information content (AvgIpc) is 2.42. The molecule has 1 N–H and O–H groups in total. The van der Waals surface area contributed by atoms with Gasteiger partial charge < -0.3 is 10.1 Å². The summed E-state index contributed by atoms with van der Waals surface area (Å²) in [5.74, 6) is 0.791. The van der Waals surface area contributed by atoms with E-state index in [1.165, 1.54) is 12.1 Å². The number of non-ortho nitro benzene ring substituents is 1. The molecule has 1 aromatic carbocycles. The fourth-order valence-corrected chi connectivity index (χ4v) is 1.56. The Bertz CT molecular complexity index is 422. The molecule has 0 heterocycles. The number of nitrogens with zero attached hydrogens (tertiary/aromatic N) is 1. The molecular weight excluding hydrogens is 268 g/mol. The van der Waals surface area contributed by atoms with Crippen molar-refractivity contribution in [2.24, 2.45) is 0 Å². The molecule has 0 saturated heterocycles. The Balaban J connectivity index is 2.28. The predicted molar refractivity (Wildman–Crippen MR) is 74.4 cm³/mol. The number of unbranched alkanes of at least 4 members (excludes halogenated alkanes) is 1. The molecule has 0 aliphatic heterocycles. The maximum Gasteiger partial charge on any atom is 0.407 e. The van der Waals surface area contributed by atoms with E-state index in [-0.39, 0.29) is 12.3 Å². The van der Waals surface area contributed by atoms with Gasteiger partial charge in [0.25, 0.3) is 5.69 Å². The number of rotatable bonds is 7. The van der Waals surface area contributed by atoms with Gasteiger partial charge in [-0.1, -0.05) is 0 Å². The summed E-state index contributed by atoms with van der Waals surface area (Å²) in [5, 5.41) is 13.1. The van der Waals surface area contributed by atoms with Crippen molar-refractivity contribution in [2.45, 2.75) is 19.4 Å². The molecule has 0 fully saturated rings. The van der Waals surface area contributed by atoms with Crippen LogP contribution in [-0.2, 0) is 11.3 Å². The highest BCUT2D eigenvalue weighted by Gasteiger charge is 2.05. The number of hydrogen-bond acceptors (Lipinski definition) is 5. The summed E-state index contributed by atoms with van der Waals surface area (Å²) in [7, 11) is 0. The molecule has 1 amide bonds. The van der Waals surface area contributed by atoms with Crippen LogP contribution >= 0.6 is 12.6 Å². The largest absolute Gasteiger partial charge is 0.445 e. The number of benzene rings is 1. The Kier molecular flexibility index (Phi) is 6.73.